The average molecular weight is 1860 g/mol. The number of hydrogen-bond donors (Lipinski definition) is 3. The number of carbonyl (C=O) groups excluding carboxylic acids is 3. The van der Waals surface area contributed by atoms with E-state index in [1.165, 1.54) is 79.9 Å². The zero-order valence-corrected chi connectivity index (χ0v) is 78.7. The molecule has 12 aromatic rings. The molecule has 708 valence electrons. The number of pyridine rings is 3. The van der Waals surface area contributed by atoms with Crippen LogP contribution in [0, 0.1) is 73.1 Å². The van der Waals surface area contributed by atoms with Crippen molar-refractivity contribution < 1.29 is 88.2 Å². The van der Waals surface area contributed by atoms with Gasteiger partial charge in [0, 0.05) is 153 Å². The van der Waals surface area contributed by atoms with Crippen LogP contribution in [-0.4, -0.2) is 165 Å². The molecule has 19 nitrogen and oxygen atoms in total. The van der Waals surface area contributed by atoms with E-state index >= 15 is 39.5 Å². The predicted molar refractivity (Wildman–Crippen MR) is 513 cm³/mol. The molecule has 3 N–H and O–H groups in total. The number of rotatable bonds is 15. The van der Waals surface area contributed by atoms with Crippen molar-refractivity contribution in [3.05, 3.63) is 245 Å². The van der Waals surface area contributed by atoms with Crippen LogP contribution in [0.3, 0.4) is 0 Å². The van der Waals surface area contributed by atoms with Gasteiger partial charge in [-0.3, -0.25) is 29.3 Å². The SMILES string of the molecule is C=CC(=O)N1CC2COc3c(C(C)C)c(-c4c(C)ccnc4C(C)C)c4c(F)c(-c5c(O)cccc5F)c(F)cc4c3N2CC1C.C=CC(=O)N1CC2COc3c(CC)c(-c4c(C)ccnc4C(C)C)c4c(F)c(-c5c(O)cccc5F)c(F)cc4c3N2CC1C.C=CC(=O)N1CC2COc3c(OC)c(-c4c(C)ccnc4C(C)C)c4c(F)c(-c5c(O)cccc5F)c(F)cc4c3N2CC1C. The van der Waals surface area contributed by atoms with Crippen molar-refractivity contribution in [3.8, 4) is 107 Å². The van der Waals surface area contributed by atoms with Gasteiger partial charge in [0.05, 0.1) is 92.8 Å². The van der Waals surface area contributed by atoms with Crippen LogP contribution >= 0.6 is 0 Å². The minimum Gasteiger partial charge on any atom is -0.507 e. The van der Waals surface area contributed by atoms with E-state index in [9.17, 15) is 29.7 Å². The zero-order chi connectivity index (χ0) is 97.8. The number of aromatic hydroxyl groups is 3. The Morgan fingerprint density at radius 1 is 0.412 bits per heavy atom. The minimum atomic E-state index is -1.06. The number of carbonyl (C=O) groups is 3. The molecule has 3 fully saturated rings. The highest BCUT2D eigenvalue weighted by Crippen LogP contribution is 2.61. The number of anilines is 3. The summed E-state index contributed by atoms with van der Waals surface area (Å²) in [7, 11) is 1.45. The summed E-state index contributed by atoms with van der Waals surface area (Å²) in [5.74, 6) is -10.0. The highest BCUT2D eigenvalue weighted by atomic mass is 19.2. The number of phenols is 3. The van der Waals surface area contributed by atoms with Gasteiger partial charge in [0.15, 0.2) is 11.5 Å². The Balaban J connectivity index is 0.000000148. The van der Waals surface area contributed by atoms with E-state index in [2.05, 4.69) is 39.5 Å². The fraction of sp³-hybridized carbons (Fsp3) is 0.333. The van der Waals surface area contributed by atoms with Crippen molar-refractivity contribution in [2.24, 2.45) is 0 Å². The van der Waals surface area contributed by atoms with E-state index in [0.717, 1.165) is 57.4 Å². The molecule has 6 unspecified atom stereocenters. The summed E-state index contributed by atoms with van der Waals surface area (Å²) in [6.07, 6.45) is 9.39. The van der Waals surface area contributed by atoms with E-state index in [1.807, 2.05) is 121 Å². The van der Waals surface area contributed by atoms with Gasteiger partial charge >= 0.3 is 0 Å². The van der Waals surface area contributed by atoms with E-state index < -0.39 is 103 Å². The Bertz CT molecular complexity index is 6610. The summed E-state index contributed by atoms with van der Waals surface area (Å²) in [6.45, 7) is 43.1. The molecular weight excluding hydrogens is 1750 g/mol. The van der Waals surface area contributed by atoms with Crippen LogP contribution in [-0.2, 0) is 20.8 Å². The standard InChI is InChI=1S/C37H38F3N3O3.C36H36F3N3O3.C35H34F3N3O4/c1-8-27(45)42-16-22-17-46-37-28(18(2)3)33(29-20(6)12-13-41-35(29)19(4)5)30-23(36(37)43(22)15-21(42)7)14-25(39)32(34(30)40)31-24(38)10-9-11-26(31)44;1-7-22-29(28-19(5)12-13-40-34(28)18(3)4)30-23(14-25(38)32(33(30)39)31-24(37)10-9-11-26(31)43)35-36(22)45-17-21-16-41(27(44)8-2)20(6)15-42(21)35;1-7-25(43)40-15-20-16-45-35-33(41(20)14-19(40)5)21-13-23(37)29(28-22(36)9-8-10-24(28)42)31(38)27(21)30(34(35)44-6)26-18(4)11-12-39-32(26)17(2)3/h8-14,18-19,21-22,44H,1,15-17H2,2-7H3;8-14,18,20-21,43H,2,7,15-17H2,1,3-6H3;7-13,17,19-20,42H,1,14-16H2,2-6H3. The number of nitrogens with zero attached hydrogens (tertiary/aromatic N) is 9. The number of ether oxygens (including phenoxy) is 4. The first kappa shape index (κ1) is 95.4. The average Bonchev–Trinajstić information content (AvgIpc) is 0.694. The summed E-state index contributed by atoms with van der Waals surface area (Å²) in [5, 5.41) is 32.8. The van der Waals surface area contributed by atoms with Crippen LogP contribution in [0.4, 0.5) is 56.6 Å². The molecular formula is C108H108F9N9O10. The molecule has 0 radical (unpaired) electrons. The predicted octanol–water partition coefficient (Wildman–Crippen LogP) is 23.0. The van der Waals surface area contributed by atoms with Crippen LogP contribution in [0.5, 0.6) is 40.2 Å². The van der Waals surface area contributed by atoms with Crippen molar-refractivity contribution in [2.45, 2.75) is 170 Å². The van der Waals surface area contributed by atoms with Gasteiger partial charge in [0.2, 0.25) is 17.7 Å². The zero-order valence-electron chi connectivity index (χ0n) is 78.7. The van der Waals surface area contributed by atoms with Gasteiger partial charge in [-0.2, -0.15) is 0 Å². The number of phenolic OH excluding ortho intramolecular Hbond substituents is 3. The lowest BCUT2D eigenvalue weighted by atomic mass is 9.81. The molecule has 0 aliphatic carbocycles. The fourth-order valence-corrected chi connectivity index (χ4v) is 21.0. The second kappa shape index (κ2) is 37.5. The molecule has 6 atom stereocenters. The second-order valence-corrected chi connectivity index (χ2v) is 37.0. The molecule has 18 rings (SSSR count). The molecule has 3 amide bonds. The number of amides is 3. The topological polar surface area (TPSA) is 207 Å². The van der Waals surface area contributed by atoms with Crippen LogP contribution in [0.1, 0.15) is 152 Å². The first-order valence-electron chi connectivity index (χ1n) is 45.7. The van der Waals surface area contributed by atoms with E-state index in [4.69, 9.17) is 23.9 Å². The van der Waals surface area contributed by atoms with Gasteiger partial charge in [-0.25, -0.2) is 39.5 Å². The minimum absolute atomic E-state index is 0.0239. The van der Waals surface area contributed by atoms with E-state index in [0.29, 0.717) is 119 Å². The maximum atomic E-state index is 17.5. The molecule has 6 aliphatic rings. The lowest BCUT2D eigenvalue weighted by Crippen LogP contribution is -2.61. The van der Waals surface area contributed by atoms with Gasteiger partial charge in [-0.1, -0.05) is 100 Å². The van der Waals surface area contributed by atoms with Crippen LogP contribution < -0.4 is 33.6 Å². The number of benzene rings is 9. The Morgan fingerprint density at radius 2 is 0.721 bits per heavy atom. The Kier molecular flexibility index (Phi) is 26.3. The van der Waals surface area contributed by atoms with Gasteiger partial charge in [0.1, 0.15) is 101 Å². The molecule has 6 aliphatic heterocycles. The fourth-order valence-electron chi connectivity index (χ4n) is 21.0. The lowest BCUT2D eigenvalue weighted by molar-refractivity contribution is -0.130. The van der Waals surface area contributed by atoms with Crippen molar-refractivity contribution in [1.82, 2.24) is 29.7 Å². The third kappa shape index (κ3) is 16.0. The highest BCUT2D eigenvalue weighted by Gasteiger charge is 2.48. The third-order valence-electron chi connectivity index (χ3n) is 27.2. The Morgan fingerprint density at radius 3 is 1.04 bits per heavy atom. The second-order valence-electron chi connectivity index (χ2n) is 37.0. The maximum Gasteiger partial charge on any atom is 0.246 e. The highest BCUT2D eigenvalue weighted by molar-refractivity contribution is 6.15. The Hall–Kier alpha value is -13.8. The lowest BCUT2D eigenvalue weighted by Gasteiger charge is -2.49. The van der Waals surface area contributed by atoms with Gasteiger partial charge < -0.3 is 63.7 Å². The summed E-state index contributed by atoms with van der Waals surface area (Å²) in [4.78, 5) is 63.3. The van der Waals surface area contributed by atoms with E-state index in [-0.39, 0.29) is 136 Å². The molecule has 3 aromatic heterocycles. The maximum absolute atomic E-state index is 17.5. The summed E-state index contributed by atoms with van der Waals surface area (Å²) >= 11 is 0. The van der Waals surface area contributed by atoms with Gasteiger partial charge in [-0.15, -0.1) is 0 Å². The molecule has 0 saturated carbocycles. The van der Waals surface area contributed by atoms with Crippen LogP contribution in [0.25, 0.3) is 99.1 Å². The number of methoxy groups -OCH3 is 1. The molecule has 136 heavy (non-hydrogen) atoms. The summed E-state index contributed by atoms with van der Waals surface area (Å²) < 4.78 is 172. The number of hydrogen-bond acceptors (Lipinski definition) is 16. The number of piperazine rings is 3. The van der Waals surface area contributed by atoms with Gasteiger partial charge in [0.25, 0.3) is 0 Å². The van der Waals surface area contributed by atoms with Crippen molar-refractivity contribution >= 4 is 67.1 Å². The summed E-state index contributed by atoms with van der Waals surface area (Å²) in [6, 6.07) is 18.1. The van der Waals surface area contributed by atoms with Crippen molar-refractivity contribution in [1.29, 1.82) is 0 Å². The first-order valence-corrected chi connectivity index (χ1v) is 45.7. The monoisotopic (exact) mass is 1860 g/mol. The largest absolute Gasteiger partial charge is 0.507 e. The molecule has 9 heterocycles. The first-order chi connectivity index (χ1) is 64.9. The third-order valence-corrected chi connectivity index (χ3v) is 27.2. The molecule has 3 saturated heterocycles. The number of aromatic nitrogens is 3. The van der Waals surface area contributed by atoms with Crippen molar-refractivity contribution in [3.63, 3.8) is 0 Å². The van der Waals surface area contributed by atoms with Crippen LogP contribution in [0.15, 0.2) is 148 Å². The molecule has 28 heteroatoms. The number of aryl methyl sites for hydroxylation is 3. The van der Waals surface area contributed by atoms with Gasteiger partial charge in [-0.05, 0) is 179 Å². The van der Waals surface area contributed by atoms with Crippen molar-refractivity contribution in [2.75, 3.05) is 80.9 Å². The summed E-state index contributed by atoms with van der Waals surface area (Å²) in [5.41, 5.74) is 7.23. The smallest absolute Gasteiger partial charge is 0.246 e. The number of fused-ring (bicyclic) bond motifs is 15. The number of halogens is 9. The molecule has 0 spiro atoms. The molecule has 9 aromatic carbocycles. The normalized spacial score (nSPS) is 17.7. The van der Waals surface area contributed by atoms with Crippen LogP contribution in [0.2, 0.25) is 0 Å². The molecule has 0 bridgehead atoms. The quantitative estimate of drug-likeness (QED) is 0.0644. The van der Waals surface area contributed by atoms with E-state index in [1.54, 1.807) is 39.4 Å². The Labute approximate surface area is 783 Å².